The van der Waals surface area contributed by atoms with Crippen LogP contribution in [0.1, 0.15) is 0 Å². The molecule has 4 heterocycles. The van der Waals surface area contributed by atoms with Crippen LogP contribution in [0.5, 0.6) is 0 Å². The molecule has 10 aromatic carbocycles. The average molecular weight is 881 g/mol. The highest BCUT2D eigenvalue weighted by Gasteiger charge is 2.25. The van der Waals surface area contributed by atoms with Crippen LogP contribution in [0.2, 0.25) is 0 Å². The van der Waals surface area contributed by atoms with E-state index in [0.29, 0.717) is 17.6 Å². The minimum atomic E-state index is 0.544. The quantitative estimate of drug-likeness (QED) is 0.160. The molecular formula is C63H40N6. The summed E-state index contributed by atoms with van der Waals surface area (Å²) in [7, 11) is 0. The van der Waals surface area contributed by atoms with Gasteiger partial charge in [0.2, 0.25) is 5.95 Å². The van der Waals surface area contributed by atoms with Gasteiger partial charge in [-0.05, 0) is 59.2 Å². The van der Waals surface area contributed by atoms with Gasteiger partial charge in [0.25, 0.3) is 0 Å². The molecule has 322 valence electrons. The fraction of sp³-hybridized carbons (Fsp3) is 0. The Bertz CT molecular complexity index is 4280. The van der Waals surface area contributed by atoms with Gasteiger partial charge in [-0.2, -0.15) is 9.97 Å². The van der Waals surface area contributed by atoms with Gasteiger partial charge in [0, 0.05) is 54.7 Å². The van der Waals surface area contributed by atoms with E-state index in [0.717, 1.165) is 82.9 Å². The zero-order chi connectivity index (χ0) is 45.4. The van der Waals surface area contributed by atoms with Gasteiger partial charge >= 0.3 is 0 Å². The average Bonchev–Trinajstić information content (AvgIpc) is 4.07. The molecule has 6 heteroatoms. The minimum absolute atomic E-state index is 0.544. The Morgan fingerprint density at radius 1 is 0.261 bits per heavy atom. The van der Waals surface area contributed by atoms with Crippen LogP contribution in [-0.4, -0.2) is 28.7 Å². The molecule has 0 aliphatic heterocycles. The molecule has 0 bridgehead atoms. The molecule has 0 radical (unpaired) electrons. The fourth-order valence-corrected chi connectivity index (χ4v) is 10.6. The maximum absolute atomic E-state index is 5.52. The summed E-state index contributed by atoms with van der Waals surface area (Å²) >= 11 is 0. The Hall–Kier alpha value is -9.39. The molecule has 4 aromatic heterocycles. The first-order valence-electron chi connectivity index (χ1n) is 23.4. The maximum Gasteiger partial charge on any atom is 0.238 e. The van der Waals surface area contributed by atoms with Gasteiger partial charge in [0.15, 0.2) is 11.6 Å². The smallest absolute Gasteiger partial charge is 0.238 e. The van der Waals surface area contributed by atoms with Gasteiger partial charge in [0.1, 0.15) is 0 Å². The number of aromatic nitrogens is 6. The third-order valence-corrected chi connectivity index (χ3v) is 13.7. The Kier molecular flexibility index (Phi) is 8.79. The van der Waals surface area contributed by atoms with Crippen LogP contribution in [0.25, 0.3) is 128 Å². The van der Waals surface area contributed by atoms with Gasteiger partial charge < -0.3 is 9.13 Å². The van der Waals surface area contributed by atoms with Crippen LogP contribution >= 0.6 is 0 Å². The molecule has 0 aliphatic carbocycles. The summed E-state index contributed by atoms with van der Waals surface area (Å²) in [6.45, 7) is 0. The summed E-state index contributed by atoms with van der Waals surface area (Å²) in [5.41, 5.74) is 15.1. The molecule has 0 spiro atoms. The van der Waals surface area contributed by atoms with E-state index in [9.17, 15) is 0 Å². The summed E-state index contributed by atoms with van der Waals surface area (Å²) in [5.74, 6) is 1.73. The summed E-state index contributed by atoms with van der Waals surface area (Å²) in [5, 5.41) is 6.91. The SMILES string of the molecule is c1ccc(-c2ccc(-c3ccccc3-n3c4ccccc4c4ccc5c6ccccc6n(-c6nc(-c7ccccc7)nc(-c7ccc8c9ccccc9n(-c9ccccc9)c8c7)n6)c5c43)cc2)cc1. The Morgan fingerprint density at radius 3 is 1.36 bits per heavy atom. The second kappa shape index (κ2) is 15.6. The highest BCUT2D eigenvalue weighted by Crippen LogP contribution is 2.44. The van der Waals surface area contributed by atoms with Gasteiger partial charge in [-0.1, -0.05) is 200 Å². The number of nitrogens with zero attached hydrogens (tertiary/aromatic N) is 6. The Balaban J connectivity index is 1.05. The van der Waals surface area contributed by atoms with E-state index >= 15 is 0 Å². The Labute approximate surface area is 397 Å². The van der Waals surface area contributed by atoms with E-state index in [1.54, 1.807) is 0 Å². The van der Waals surface area contributed by atoms with Crippen LogP contribution in [0.3, 0.4) is 0 Å². The highest BCUT2D eigenvalue weighted by atomic mass is 15.2. The molecule has 14 aromatic rings. The van der Waals surface area contributed by atoms with Crippen LogP contribution in [0.4, 0.5) is 0 Å². The number of fused-ring (bicyclic) bond motifs is 10. The van der Waals surface area contributed by atoms with E-state index in [2.05, 4.69) is 238 Å². The van der Waals surface area contributed by atoms with Crippen LogP contribution in [0.15, 0.2) is 243 Å². The summed E-state index contributed by atoms with van der Waals surface area (Å²) in [6.07, 6.45) is 0. The first kappa shape index (κ1) is 38.8. The molecular weight excluding hydrogens is 841 g/mol. The van der Waals surface area contributed by atoms with Crippen molar-refractivity contribution in [3.8, 4) is 62.4 Å². The van der Waals surface area contributed by atoms with E-state index in [1.807, 2.05) is 18.2 Å². The van der Waals surface area contributed by atoms with Gasteiger partial charge in [-0.3, -0.25) is 4.57 Å². The number of benzene rings is 10. The van der Waals surface area contributed by atoms with Crippen molar-refractivity contribution >= 4 is 65.4 Å². The predicted octanol–water partition coefficient (Wildman–Crippen LogP) is 15.8. The maximum atomic E-state index is 5.52. The number of hydrogen-bond donors (Lipinski definition) is 0. The van der Waals surface area contributed by atoms with E-state index in [4.69, 9.17) is 15.0 Å². The molecule has 0 unspecified atom stereocenters. The van der Waals surface area contributed by atoms with E-state index in [-0.39, 0.29) is 0 Å². The summed E-state index contributed by atoms with van der Waals surface area (Å²) in [4.78, 5) is 16.2. The topological polar surface area (TPSA) is 53.5 Å². The minimum Gasteiger partial charge on any atom is -0.309 e. The second-order valence-electron chi connectivity index (χ2n) is 17.6. The van der Waals surface area contributed by atoms with Crippen LogP contribution in [-0.2, 0) is 0 Å². The number of hydrogen-bond acceptors (Lipinski definition) is 3. The molecule has 0 aliphatic rings. The van der Waals surface area contributed by atoms with Crippen molar-refractivity contribution in [2.24, 2.45) is 0 Å². The monoisotopic (exact) mass is 880 g/mol. The molecule has 0 saturated heterocycles. The lowest BCUT2D eigenvalue weighted by Gasteiger charge is -2.16. The summed E-state index contributed by atoms with van der Waals surface area (Å²) < 4.78 is 7.07. The molecule has 0 atom stereocenters. The van der Waals surface area contributed by atoms with Crippen molar-refractivity contribution in [1.82, 2.24) is 28.7 Å². The normalized spacial score (nSPS) is 11.8. The molecule has 0 amide bonds. The second-order valence-corrected chi connectivity index (χ2v) is 17.6. The van der Waals surface area contributed by atoms with Gasteiger partial charge in [0.05, 0.1) is 38.8 Å². The fourth-order valence-electron chi connectivity index (χ4n) is 10.6. The van der Waals surface area contributed by atoms with Gasteiger partial charge in [-0.15, -0.1) is 0 Å². The predicted molar refractivity (Wildman–Crippen MR) is 285 cm³/mol. The van der Waals surface area contributed by atoms with E-state index in [1.165, 1.54) is 27.3 Å². The lowest BCUT2D eigenvalue weighted by Crippen LogP contribution is -2.07. The van der Waals surface area contributed by atoms with Crippen molar-refractivity contribution in [2.45, 2.75) is 0 Å². The third-order valence-electron chi connectivity index (χ3n) is 13.7. The Morgan fingerprint density at radius 2 is 0.696 bits per heavy atom. The highest BCUT2D eigenvalue weighted by molar-refractivity contribution is 6.24. The third kappa shape index (κ3) is 6.16. The molecule has 0 fully saturated rings. The van der Waals surface area contributed by atoms with E-state index < -0.39 is 0 Å². The summed E-state index contributed by atoms with van der Waals surface area (Å²) in [6, 6.07) is 86.3. The largest absolute Gasteiger partial charge is 0.309 e. The molecule has 0 saturated carbocycles. The zero-order valence-electron chi connectivity index (χ0n) is 37.3. The van der Waals surface area contributed by atoms with Crippen LogP contribution in [0, 0.1) is 0 Å². The standard InChI is InChI=1S/C63H40N6/c1-4-18-41(19-5-1)42-32-34-43(35-33-42)47-24-10-14-28-54(47)68-56-30-16-12-26-49(56)52-38-39-53-50-27-13-17-31-57(50)69(60(53)59(52)68)63-65-61(44-20-6-2-7-21-44)64-62(66-63)45-36-37-51-48-25-11-15-29-55(48)67(58(51)40-45)46-22-8-3-9-23-46/h1-40H. The molecule has 6 nitrogen and oxygen atoms in total. The molecule has 0 N–H and O–H groups in total. The first-order chi connectivity index (χ1) is 34.2. The van der Waals surface area contributed by atoms with Crippen molar-refractivity contribution < 1.29 is 0 Å². The van der Waals surface area contributed by atoms with Gasteiger partial charge in [-0.25, -0.2) is 4.98 Å². The lowest BCUT2D eigenvalue weighted by molar-refractivity contribution is 0.953. The van der Waals surface area contributed by atoms with Crippen LogP contribution < -0.4 is 0 Å². The number of rotatable bonds is 7. The van der Waals surface area contributed by atoms with Crippen molar-refractivity contribution in [3.05, 3.63) is 243 Å². The zero-order valence-corrected chi connectivity index (χ0v) is 37.3. The first-order valence-corrected chi connectivity index (χ1v) is 23.4. The number of para-hydroxylation sites is 5. The lowest BCUT2D eigenvalue weighted by atomic mass is 9.99. The molecule has 69 heavy (non-hydrogen) atoms. The van der Waals surface area contributed by atoms with Crippen molar-refractivity contribution in [1.29, 1.82) is 0 Å². The van der Waals surface area contributed by atoms with Crippen molar-refractivity contribution in [3.63, 3.8) is 0 Å². The molecule has 14 rings (SSSR count). The van der Waals surface area contributed by atoms with Crippen molar-refractivity contribution in [2.75, 3.05) is 0 Å².